The number of fused-ring (bicyclic) bond motifs is 5. The monoisotopic (exact) mass is 428 g/mol. The van der Waals surface area contributed by atoms with Crippen molar-refractivity contribution in [3.63, 3.8) is 0 Å². The van der Waals surface area contributed by atoms with E-state index in [1.807, 2.05) is 0 Å². The van der Waals surface area contributed by atoms with E-state index in [1.54, 1.807) is 0 Å². The Kier molecular flexibility index (Phi) is 4.51. The minimum Gasteiger partial charge on any atom is -0.362 e. The van der Waals surface area contributed by atoms with Crippen LogP contribution in [0.5, 0.6) is 0 Å². The summed E-state index contributed by atoms with van der Waals surface area (Å²) in [7, 11) is 0. The molecule has 8 bridgehead atoms. The van der Waals surface area contributed by atoms with E-state index in [9.17, 15) is 0 Å². The maximum Gasteiger partial charge on any atom is 0.0647 e. The molecule has 5 aliphatic heterocycles. The lowest BCUT2D eigenvalue weighted by molar-refractivity contribution is 0.476. The Morgan fingerprint density at radius 1 is 0.812 bits per heavy atom. The molecule has 1 saturated heterocycles. The highest BCUT2D eigenvalue weighted by molar-refractivity contribution is 6.06. The molecule has 0 aromatic rings. The molecule has 5 aliphatic rings. The van der Waals surface area contributed by atoms with Gasteiger partial charge in [-0.1, -0.05) is 48.5 Å². The predicted octanol–water partition coefficient (Wildman–Crippen LogP) is 6.66. The average Bonchev–Trinajstić information content (AvgIpc) is 3.29. The number of hydrogen-bond donors (Lipinski definition) is 1. The number of hydrogen-bond acceptors (Lipinski definition) is 4. The topological polar surface area (TPSA) is 49.1 Å². The van der Waals surface area contributed by atoms with Gasteiger partial charge in [0.05, 0.1) is 5.70 Å². The summed E-state index contributed by atoms with van der Waals surface area (Å²) in [6, 6.07) is 0. The average molecular weight is 429 g/mol. The van der Waals surface area contributed by atoms with Gasteiger partial charge in [0.15, 0.2) is 0 Å². The Morgan fingerprint density at radius 2 is 1.56 bits per heavy atom. The molecule has 4 nitrogen and oxygen atoms in total. The largest absolute Gasteiger partial charge is 0.362 e. The van der Waals surface area contributed by atoms with Gasteiger partial charge in [-0.25, -0.2) is 0 Å². The molecule has 0 saturated carbocycles. The molecule has 0 amide bonds. The van der Waals surface area contributed by atoms with Gasteiger partial charge in [0.2, 0.25) is 0 Å². The van der Waals surface area contributed by atoms with E-state index in [0.717, 1.165) is 53.5 Å². The molecule has 168 valence electrons. The van der Waals surface area contributed by atoms with Crippen molar-refractivity contribution in [3.05, 3.63) is 58.4 Å². The fourth-order valence-electron chi connectivity index (χ4n) is 5.38. The number of allylic oxidation sites excluding steroid dienone is 9. The zero-order valence-electron chi connectivity index (χ0n) is 20.8. The van der Waals surface area contributed by atoms with Crippen molar-refractivity contribution in [1.82, 2.24) is 5.32 Å². The molecule has 1 unspecified atom stereocenters. The lowest BCUT2D eigenvalue weighted by Gasteiger charge is -2.19. The Morgan fingerprint density at radius 3 is 2.31 bits per heavy atom. The SMILES string of the molecule is CC1=C2/C=C3N=C(/C=C4\N/C(=C\C5=NC(=C\C(=N2)C1C)/CC5(C)C)CC4(C)C)CC\3(C)C. The van der Waals surface area contributed by atoms with Crippen LogP contribution in [0.15, 0.2) is 73.3 Å². The van der Waals surface area contributed by atoms with E-state index in [2.05, 4.69) is 85.0 Å². The van der Waals surface area contributed by atoms with Crippen molar-refractivity contribution >= 4 is 17.1 Å². The van der Waals surface area contributed by atoms with Crippen LogP contribution in [0.2, 0.25) is 0 Å². The van der Waals surface area contributed by atoms with Gasteiger partial charge in [-0.2, -0.15) is 0 Å². The maximum atomic E-state index is 5.09. The molecule has 1 fully saturated rings. The lowest BCUT2D eigenvalue weighted by Crippen LogP contribution is -2.19. The summed E-state index contributed by atoms with van der Waals surface area (Å²) in [5.41, 5.74) is 10.7. The number of aliphatic imine (C=N–C) groups is 3. The highest BCUT2D eigenvalue weighted by Crippen LogP contribution is 2.44. The van der Waals surface area contributed by atoms with Crippen LogP contribution in [-0.4, -0.2) is 17.1 Å². The van der Waals surface area contributed by atoms with E-state index in [-0.39, 0.29) is 16.2 Å². The third-order valence-electron chi connectivity index (χ3n) is 7.77. The standard InChI is InChI=1S/C28H36N4/c1-16-17(2)22-12-25-28(7,8)15-20(31-25)11-24-27(5,6)14-19(30-24)10-23-26(3,4)13-18(29-23)9-21(16)32-22/h9-12,16,30H,13-15H2,1-8H3/b18-9-,19-10-,24-11-,25-12-. The molecule has 4 heteroatoms. The second kappa shape index (κ2) is 6.76. The van der Waals surface area contributed by atoms with E-state index >= 15 is 0 Å². The summed E-state index contributed by atoms with van der Waals surface area (Å²) in [4.78, 5) is 15.2. The second-order valence-electron chi connectivity index (χ2n) is 12.1. The molecule has 0 radical (unpaired) electrons. The Bertz CT molecular complexity index is 1160. The molecule has 5 heterocycles. The van der Waals surface area contributed by atoms with Crippen molar-refractivity contribution in [3.8, 4) is 0 Å². The van der Waals surface area contributed by atoms with Crippen molar-refractivity contribution in [2.45, 2.75) is 74.7 Å². The minimum absolute atomic E-state index is 0.00327. The van der Waals surface area contributed by atoms with Gasteiger partial charge >= 0.3 is 0 Å². The summed E-state index contributed by atoms with van der Waals surface area (Å²) in [6.07, 6.45) is 11.9. The molecular weight excluding hydrogens is 392 g/mol. The smallest absolute Gasteiger partial charge is 0.0647 e. The van der Waals surface area contributed by atoms with Crippen LogP contribution in [0.4, 0.5) is 0 Å². The first kappa shape index (κ1) is 21.4. The summed E-state index contributed by atoms with van der Waals surface area (Å²) < 4.78 is 0. The number of nitrogens with one attached hydrogen (secondary N) is 1. The molecule has 1 atom stereocenters. The molecule has 1 N–H and O–H groups in total. The highest BCUT2D eigenvalue weighted by Gasteiger charge is 2.38. The zero-order valence-corrected chi connectivity index (χ0v) is 20.8. The quantitative estimate of drug-likeness (QED) is 0.461. The maximum absolute atomic E-state index is 5.09. The number of rotatable bonds is 0. The second-order valence-corrected chi connectivity index (χ2v) is 12.1. The van der Waals surface area contributed by atoms with Crippen LogP contribution < -0.4 is 5.32 Å². The van der Waals surface area contributed by atoms with Gasteiger partial charge in [0, 0.05) is 74.9 Å². The molecule has 32 heavy (non-hydrogen) atoms. The first-order valence-corrected chi connectivity index (χ1v) is 11.9. The van der Waals surface area contributed by atoms with Crippen molar-refractivity contribution < 1.29 is 0 Å². The van der Waals surface area contributed by atoms with E-state index in [1.165, 1.54) is 17.0 Å². The number of nitrogens with zero attached hydrogens (tertiary/aromatic N) is 3. The van der Waals surface area contributed by atoms with Gasteiger partial charge in [-0.3, -0.25) is 15.0 Å². The third kappa shape index (κ3) is 3.48. The van der Waals surface area contributed by atoms with Crippen LogP contribution in [0.25, 0.3) is 0 Å². The van der Waals surface area contributed by atoms with Gasteiger partial charge in [-0.05, 0) is 43.2 Å². The predicted molar refractivity (Wildman–Crippen MR) is 135 cm³/mol. The fourth-order valence-corrected chi connectivity index (χ4v) is 5.38. The molecule has 0 aliphatic carbocycles. The summed E-state index contributed by atoms with van der Waals surface area (Å²) in [5.74, 6) is 0.305. The summed E-state index contributed by atoms with van der Waals surface area (Å²) in [5, 5.41) is 3.73. The summed E-state index contributed by atoms with van der Waals surface area (Å²) in [6.45, 7) is 18.3. The zero-order chi connectivity index (χ0) is 23.1. The van der Waals surface area contributed by atoms with Crippen LogP contribution in [0, 0.1) is 22.2 Å². The normalized spacial score (nSPS) is 36.0. The van der Waals surface area contributed by atoms with E-state index in [4.69, 9.17) is 15.0 Å². The molecule has 5 rings (SSSR count). The summed E-state index contributed by atoms with van der Waals surface area (Å²) >= 11 is 0. The Labute approximate surface area is 192 Å². The molecule has 0 aromatic heterocycles. The van der Waals surface area contributed by atoms with Crippen molar-refractivity contribution in [2.24, 2.45) is 37.1 Å². The molecule has 0 aromatic carbocycles. The third-order valence-corrected chi connectivity index (χ3v) is 7.77. The van der Waals surface area contributed by atoms with Crippen LogP contribution in [-0.2, 0) is 0 Å². The Hall–Kier alpha value is -2.49. The molecule has 0 spiro atoms. The van der Waals surface area contributed by atoms with E-state index in [0.29, 0.717) is 5.92 Å². The van der Waals surface area contributed by atoms with Gasteiger partial charge in [-0.15, -0.1) is 0 Å². The molecular formula is C28H36N4. The lowest BCUT2D eigenvalue weighted by atomic mass is 9.83. The van der Waals surface area contributed by atoms with Crippen molar-refractivity contribution in [2.75, 3.05) is 0 Å². The first-order valence-electron chi connectivity index (χ1n) is 11.9. The van der Waals surface area contributed by atoms with E-state index < -0.39 is 0 Å². The van der Waals surface area contributed by atoms with Crippen LogP contribution in [0.3, 0.4) is 0 Å². The first-order chi connectivity index (χ1) is 14.8. The van der Waals surface area contributed by atoms with Crippen LogP contribution >= 0.6 is 0 Å². The van der Waals surface area contributed by atoms with Gasteiger partial charge in [0.25, 0.3) is 0 Å². The van der Waals surface area contributed by atoms with Crippen LogP contribution in [0.1, 0.15) is 74.7 Å². The fraction of sp³-hybridized carbons (Fsp3) is 0.536. The van der Waals surface area contributed by atoms with Gasteiger partial charge in [0.1, 0.15) is 0 Å². The van der Waals surface area contributed by atoms with Gasteiger partial charge < -0.3 is 5.32 Å². The highest BCUT2D eigenvalue weighted by atomic mass is 15.0. The van der Waals surface area contributed by atoms with Crippen molar-refractivity contribution in [1.29, 1.82) is 0 Å². The Balaban J connectivity index is 1.70. The minimum atomic E-state index is 0.00327.